The standard InChI is InChI=1S/C48H39BN2/c1-47(2,3)29-18-21-31(22-19-29)50-38-26-20-30(48(4,5)6)27-37(38)49-36-24-23-35-33-13-8-7-12-32(33)34-14-9-11-28-17-25-39-44(42(28)34)43(35)46(36)51(39)41-16-10-15-40(50)45(41)49/h7-27H,1-6H3. The van der Waals surface area contributed by atoms with Gasteiger partial charge in [0.2, 0.25) is 0 Å². The fraction of sp³-hybridized carbons (Fsp3) is 0.167. The van der Waals surface area contributed by atoms with Crippen molar-refractivity contribution >= 4 is 72.7 Å². The minimum Gasteiger partial charge on any atom is -0.311 e. The maximum Gasteiger partial charge on any atom is 0.252 e. The van der Waals surface area contributed by atoms with Crippen LogP contribution in [0, 0.1) is 0 Å². The Labute approximate surface area is 300 Å². The molecule has 0 N–H and O–H groups in total. The first-order valence-electron chi connectivity index (χ1n) is 18.4. The quantitative estimate of drug-likeness (QED) is 0.160. The van der Waals surface area contributed by atoms with Crippen molar-refractivity contribution in [1.29, 1.82) is 0 Å². The van der Waals surface area contributed by atoms with Crippen LogP contribution in [0.4, 0.5) is 17.1 Å². The Balaban J connectivity index is 1.30. The van der Waals surface area contributed by atoms with Crippen LogP contribution < -0.4 is 21.3 Å². The van der Waals surface area contributed by atoms with E-state index in [2.05, 4.69) is 178 Å². The van der Waals surface area contributed by atoms with Gasteiger partial charge >= 0.3 is 0 Å². The van der Waals surface area contributed by atoms with Crippen LogP contribution in [0.25, 0.3) is 60.5 Å². The van der Waals surface area contributed by atoms with E-state index in [-0.39, 0.29) is 17.5 Å². The first kappa shape index (κ1) is 29.2. The molecule has 0 bridgehead atoms. The Bertz CT molecular complexity index is 2820. The van der Waals surface area contributed by atoms with E-state index in [4.69, 9.17) is 0 Å². The topological polar surface area (TPSA) is 8.17 Å². The molecule has 0 spiro atoms. The summed E-state index contributed by atoms with van der Waals surface area (Å²) >= 11 is 0. The van der Waals surface area contributed by atoms with Gasteiger partial charge in [-0.1, -0.05) is 133 Å². The molecule has 0 saturated carbocycles. The Morgan fingerprint density at radius 1 is 0.471 bits per heavy atom. The molecule has 51 heavy (non-hydrogen) atoms. The van der Waals surface area contributed by atoms with Crippen molar-refractivity contribution in [2.75, 3.05) is 4.90 Å². The molecule has 11 rings (SSSR count). The summed E-state index contributed by atoms with van der Waals surface area (Å²) < 4.78 is 2.61. The Morgan fingerprint density at radius 2 is 1.14 bits per heavy atom. The predicted octanol–water partition coefficient (Wildman–Crippen LogP) is 10.8. The normalized spacial score (nSPS) is 14.0. The Kier molecular flexibility index (Phi) is 5.51. The first-order valence-corrected chi connectivity index (χ1v) is 18.4. The number of hydrogen-bond acceptors (Lipinski definition) is 1. The zero-order chi connectivity index (χ0) is 34.6. The zero-order valence-electron chi connectivity index (χ0n) is 30.1. The molecule has 3 aliphatic rings. The Hall–Kier alpha value is -5.54. The van der Waals surface area contributed by atoms with E-state index in [1.54, 1.807) is 0 Å². The van der Waals surface area contributed by atoms with Crippen molar-refractivity contribution in [3.63, 3.8) is 0 Å². The average Bonchev–Trinajstić information content (AvgIpc) is 3.42. The smallest absolute Gasteiger partial charge is 0.252 e. The summed E-state index contributed by atoms with van der Waals surface area (Å²) in [6, 6.07) is 49.0. The summed E-state index contributed by atoms with van der Waals surface area (Å²) in [6.07, 6.45) is 0. The molecule has 0 saturated heterocycles. The van der Waals surface area contributed by atoms with Gasteiger partial charge in [0, 0.05) is 33.5 Å². The summed E-state index contributed by atoms with van der Waals surface area (Å²) in [7, 11) is 0. The molecule has 0 unspecified atom stereocenters. The monoisotopic (exact) mass is 654 g/mol. The molecule has 1 aromatic heterocycles. The van der Waals surface area contributed by atoms with Crippen LogP contribution in [0.1, 0.15) is 52.7 Å². The molecule has 3 heterocycles. The molecule has 7 aromatic carbocycles. The number of aromatic nitrogens is 1. The Morgan fingerprint density at radius 3 is 1.88 bits per heavy atom. The van der Waals surface area contributed by atoms with Crippen LogP contribution in [0.15, 0.2) is 127 Å². The van der Waals surface area contributed by atoms with Crippen LogP contribution in [-0.4, -0.2) is 11.3 Å². The van der Waals surface area contributed by atoms with Gasteiger partial charge in [0.25, 0.3) is 6.71 Å². The number of hydrogen-bond donors (Lipinski definition) is 0. The van der Waals surface area contributed by atoms with Crippen LogP contribution in [0.2, 0.25) is 0 Å². The van der Waals surface area contributed by atoms with Gasteiger partial charge in [-0.3, -0.25) is 0 Å². The fourth-order valence-corrected chi connectivity index (χ4v) is 9.59. The maximum atomic E-state index is 2.61. The van der Waals surface area contributed by atoms with E-state index in [0.29, 0.717) is 0 Å². The fourth-order valence-electron chi connectivity index (χ4n) is 9.59. The van der Waals surface area contributed by atoms with Crippen molar-refractivity contribution in [2.24, 2.45) is 0 Å². The van der Waals surface area contributed by atoms with E-state index >= 15 is 0 Å². The van der Waals surface area contributed by atoms with Gasteiger partial charge in [0.1, 0.15) is 0 Å². The van der Waals surface area contributed by atoms with Crippen molar-refractivity contribution in [2.45, 2.75) is 52.4 Å². The van der Waals surface area contributed by atoms with E-state index in [1.807, 2.05) is 0 Å². The third-order valence-electron chi connectivity index (χ3n) is 12.0. The van der Waals surface area contributed by atoms with Gasteiger partial charge in [-0.15, -0.1) is 0 Å². The molecule has 2 nitrogen and oxygen atoms in total. The third-order valence-corrected chi connectivity index (χ3v) is 12.0. The van der Waals surface area contributed by atoms with Gasteiger partial charge < -0.3 is 9.47 Å². The molecule has 1 aliphatic carbocycles. The maximum absolute atomic E-state index is 2.61. The highest BCUT2D eigenvalue weighted by atomic mass is 15.2. The van der Waals surface area contributed by atoms with Crippen LogP contribution >= 0.6 is 0 Å². The van der Waals surface area contributed by atoms with Crippen molar-refractivity contribution < 1.29 is 0 Å². The number of nitrogens with zero attached hydrogens (tertiary/aromatic N) is 2. The van der Waals surface area contributed by atoms with Crippen molar-refractivity contribution in [3.05, 3.63) is 139 Å². The molecule has 0 radical (unpaired) electrons. The van der Waals surface area contributed by atoms with Crippen LogP contribution in [0.3, 0.4) is 0 Å². The molecule has 0 amide bonds. The number of anilines is 3. The van der Waals surface area contributed by atoms with Gasteiger partial charge in [0.05, 0.1) is 11.0 Å². The lowest BCUT2D eigenvalue weighted by molar-refractivity contribution is 0.590. The highest BCUT2D eigenvalue weighted by Crippen LogP contribution is 2.50. The average molecular weight is 655 g/mol. The summed E-state index contributed by atoms with van der Waals surface area (Å²) in [5, 5.41) is 5.42. The molecular formula is C48H39BN2. The van der Waals surface area contributed by atoms with Gasteiger partial charge in [0.15, 0.2) is 0 Å². The second-order valence-corrected chi connectivity index (χ2v) is 17.0. The minimum absolute atomic E-state index is 0.0224. The third kappa shape index (κ3) is 3.74. The van der Waals surface area contributed by atoms with Gasteiger partial charge in [-0.2, -0.15) is 0 Å². The summed E-state index contributed by atoms with van der Waals surface area (Å²) in [5.41, 5.74) is 19.9. The van der Waals surface area contributed by atoms with Crippen LogP contribution in [0.5, 0.6) is 0 Å². The number of benzene rings is 7. The molecule has 8 aromatic rings. The highest BCUT2D eigenvalue weighted by molar-refractivity contribution is 7.00. The van der Waals surface area contributed by atoms with E-state index in [0.717, 1.165) is 0 Å². The lowest BCUT2D eigenvalue weighted by Gasteiger charge is -2.41. The lowest BCUT2D eigenvalue weighted by atomic mass is 9.33. The largest absolute Gasteiger partial charge is 0.311 e. The number of fused-ring (bicyclic) bond motifs is 8. The summed E-state index contributed by atoms with van der Waals surface area (Å²) in [5.74, 6) is 0. The highest BCUT2D eigenvalue weighted by Gasteiger charge is 2.43. The molecule has 3 heteroatoms. The molecule has 0 atom stereocenters. The van der Waals surface area contributed by atoms with Gasteiger partial charge in [-0.25, -0.2) is 0 Å². The summed E-state index contributed by atoms with van der Waals surface area (Å²) in [4.78, 5) is 2.53. The van der Waals surface area contributed by atoms with E-state index in [1.165, 1.54) is 105 Å². The molecular weight excluding hydrogens is 615 g/mol. The molecule has 2 aliphatic heterocycles. The molecule has 244 valence electrons. The van der Waals surface area contributed by atoms with E-state index < -0.39 is 0 Å². The predicted molar refractivity (Wildman–Crippen MR) is 219 cm³/mol. The second kappa shape index (κ2) is 9.62. The summed E-state index contributed by atoms with van der Waals surface area (Å²) in [6.45, 7) is 14.0. The van der Waals surface area contributed by atoms with Gasteiger partial charge in [-0.05, 0) is 108 Å². The van der Waals surface area contributed by atoms with E-state index in [9.17, 15) is 0 Å². The minimum atomic E-state index is 0.0224. The molecule has 0 fully saturated rings. The second-order valence-electron chi connectivity index (χ2n) is 17.0. The van der Waals surface area contributed by atoms with Crippen LogP contribution in [-0.2, 0) is 10.8 Å². The zero-order valence-corrected chi connectivity index (χ0v) is 30.1. The number of rotatable bonds is 1. The lowest BCUT2D eigenvalue weighted by Crippen LogP contribution is -2.60. The van der Waals surface area contributed by atoms with Crippen molar-refractivity contribution in [3.8, 4) is 27.9 Å². The van der Waals surface area contributed by atoms with Crippen molar-refractivity contribution in [1.82, 2.24) is 4.57 Å². The first-order chi connectivity index (χ1) is 24.6. The SMILES string of the molecule is CC(C)(C)c1ccc(N2c3ccc(C(C)(C)C)cc3B3c4c2cccc4-n2c4ccc5cccc6c5c4c4c(ccc3c42)-c2ccccc2-6)cc1.